The summed E-state index contributed by atoms with van der Waals surface area (Å²) in [5, 5.41) is 0. The van der Waals surface area contributed by atoms with E-state index in [2.05, 4.69) is 66.4 Å². The largest absolute Gasteiger partial charge is 0.381 e. The molecule has 0 spiro atoms. The first-order valence-corrected chi connectivity index (χ1v) is 21.8. The summed E-state index contributed by atoms with van der Waals surface area (Å²) in [7, 11) is 7.00. The number of rotatable bonds is 9. The van der Waals surface area contributed by atoms with Crippen LogP contribution in [0.1, 0.15) is 133 Å². The summed E-state index contributed by atoms with van der Waals surface area (Å²) in [5.74, 6) is 8.65. The molecule has 0 N–H and O–H groups in total. The second kappa shape index (κ2) is 17.2. The lowest BCUT2D eigenvalue weighted by atomic mass is 9.44. The molecule has 6 saturated carbocycles. The van der Waals surface area contributed by atoms with Crippen LogP contribution in [0.5, 0.6) is 0 Å². The van der Waals surface area contributed by atoms with Gasteiger partial charge in [0.05, 0.1) is 29.8 Å². The predicted molar refractivity (Wildman–Crippen MR) is 220 cm³/mol. The molecule has 0 aliphatic heterocycles. The summed E-state index contributed by atoms with van der Waals surface area (Å²) < 4.78 is 35.4. The van der Waals surface area contributed by atoms with E-state index in [4.69, 9.17) is 28.4 Å². The van der Waals surface area contributed by atoms with Gasteiger partial charge in [-0.15, -0.1) is 5.92 Å². The molecule has 56 heavy (non-hydrogen) atoms. The maximum Gasteiger partial charge on any atom is 0.154 e. The number of ether oxygens (including phenoxy) is 6. The molecule has 0 radical (unpaired) electrons. The van der Waals surface area contributed by atoms with Gasteiger partial charge in [-0.1, -0.05) is 59.6 Å². The Hall–Kier alpha value is -1.60. The minimum Gasteiger partial charge on any atom is -0.381 e. The Bertz CT molecular complexity index is 1500. The molecule has 0 aromatic carbocycles. The third kappa shape index (κ3) is 7.02. The first-order chi connectivity index (χ1) is 26.4. The van der Waals surface area contributed by atoms with E-state index >= 15 is 0 Å². The van der Waals surface area contributed by atoms with E-state index in [1.165, 1.54) is 0 Å². The number of Topliss-reactive ketones (excluding diaryl/α,β-unsaturated/α-hetero) is 2. The summed E-state index contributed by atoms with van der Waals surface area (Å²) in [6, 6.07) is 0. The average Bonchev–Trinajstić information content (AvgIpc) is 3.78. The zero-order valence-corrected chi connectivity index (χ0v) is 37.7. The molecule has 318 valence electrons. The lowest BCUT2D eigenvalue weighted by Crippen LogP contribution is -2.62. The van der Waals surface area contributed by atoms with Crippen LogP contribution in [0.2, 0.25) is 0 Å². The van der Waals surface area contributed by atoms with Crippen LogP contribution >= 0.6 is 0 Å². The third-order valence-electron chi connectivity index (χ3n) is 17.8. The van der Waals surface area contributed by atoms with Gasteiger partial charge in [-0.25, -0.2) is 0 Å². The zero-order chi connectivity index (χ0) is 41.5. The molecule has 6 rings (SSSR count). The van der Waals surface area contributed by atoms with Gasteiger partial charge in [-0.05, 0) is 126 Å². The Morgan fingerprint density at radius 2 is 1.09 bits per heavy atom. The van der Waals surface area contributed by atoms with Crippen molar-refractivity contribution in [3.63, 3.8) is 0 Å². The predicted octanol–water partition coefficient (Wildman–Crippen LogP) is 9.48. The highest BCUT2D eigenvalue weighted by Gasteiger charge is 2.69. The fourth-order valence-corrected chi connectivity index (χ4v) is 14.5. The minimum absolute atomic E-state index is 0.0109. The number of allylic oxidation sites excluding steroid dienone is 2. The fourth-order valence-electron chi connectivity index (χ4n) is 14.5. The molecule has 6 fully saturated rings. The van der Waals surface area contributed by atoms with Gasteiger partial charge in [0.25, 0.3) is 0 Å². The highest BCUT2D eigenvalue weighted by molar-refractivity contribution is 5.90. The van der Waals surface area contributed by atoms with Crippen LogP contribution in [0, 0.1) is 79.8 Å². The number of carbonyl (C=O) groups is 2. The van der Waals surface area contributed by atoms with Crippen molar-refractivity contribution in [3.05, 3.63) is 12.2 Å². The molecule has 4 unspecified atom stereocenters. The van der Waals surface area contributed by atoms with Crippen LogP contribution in [-0.2, 0) is 38.0 Å². The molecule has 16 atom stereocenters. The number of carbonyl (C=O) groups excluding carboxylic acids is 2. The molecule has 8 heteroatoms. The Morgan fingerprint density at radius 3 is 1.50 bits per heavy atom. The SMILES string of the molecule is CC#C[C@]1(C)C[C@@H](OCOC)[C@@]2(C)C3[C@H](OC)CCC3(CC[C@H]2C)[C@@H](C)C1=O.CC=C[C@]1(C)C[C@@H](OCOC)[C@@]2(C)C3[C@H](OC)CCC3(CC[C@H]2C)[C@@H](C)C1=O. The highest BCUT2D eigenvalue weighted by Crippen LogP contribution is 2.70. The van der Waals surface area contributed by atoms with E-state index in [0.717, 1.165) is 51.4 Å². The molecule has 6 aliphatic carbocycles. The fraction of sp³-hybridized carbons (Fsp3) is 0.875. The van der Waals surface area contributed by atoms with Gasteiger partial charge in [0, 0.05) is 56.5 Å². The van der Waals surface area contributed by atoms with Crippen LogP contribution < -0.4 is 0 Å². The molecule has 0 aromatic heterocycles. The maximum atomic E-state index is 13.9. The van der Waals surface area contributed by atoms with Crippen molar-refractivity contribution in [2.24, 2.45) is 68.0 Å². The van der Waals surface area contributed by atoms with Gasteiger partial charge in [-0.3, -0.25) is 9.59 Å². The Kier molecular flexibility index (Phi) is 13.9. The lowest BCUT2D eigenvalue weighted by Gasteiger charge is -2.62. The monoisotopic (exact) mass is 783 g/mol. The second-order valence-electron chi connectivity index (χ2n) is 20.0. The summed E-state index contributed by atoms with van der Waals surface area (Å²) in [5.41, 5.74) is -1.34. The first kappa shape index (κ1) is 45.5. The van der Waals surface area contributed by atoms with Crippen LogP contribution in [0.3, 0.4) is 0 Å². The standard InChI is InChI=1S/C24H40O4.C24H38O4/c2*1-8-11-22(4)14-19(28-15-26-6)23(5)16(2)9-12-24(17(3)21(22)25)13-10-18(27-7)20(23)24/h8,11,16-20H,9-10,12-15H2,1-7H3;16-20H,9-10,12-15H2,1-7H3/t2*16-,17+,18-,19-,20?,22-,23+,24?/m11/s1. The summed E-state index contributed by atoms with van der Waals surface area (Å²) in [4.78, 5) is 27.7. The number of ketones is 2. The molecular weight excluding hydrogens is 705 g/mol. The molecule has 0 amide bonds. The Balaban J connectivity index is 0.000000214. The van der Waals surface area contributed by atoms with E-state index in [1.807, 2.05) is 41.1 Å². The van der Waals surface area contributed by atoms with Crippen LogP contribution in [0.15, 0.2) is 12.2 Å². The minimum atomic E-state index is -0.686. The second-order valence-corrected chi connectivity index (χ2v) is 20.0. The van der Waals surface area contributed by atoms with Crippen molar-refractivity contribution in [2.75, 3.05) is 42.0 Å². The average molecular weight is 783 g/mol. The van der Waals surface area contributed by atoms with E-state index in [9.17, 15) is 9.59 Å². The van der Waals surface area contributed by atoms with Crippen LogP contribution in [-0.4, -0.2) is 78.0 Å². The summed E-state index contributed by atoms with van der Waals surface area (Å²) >= 11 is 0. The van der Waals surface area contributed by atoms with Crippen molar-refractivity contribution in [2.45, 2.75) is 158 Å². The van der Waals surface area contributed by atoms with E-state index < -0.39 is 10.8 Å². The lowest BCUT2D eigenvalue weighted by molar-refractivity contribution is -0.217. The van der Waals surface area contributed by atoms with E-state index in [-0.39, 0.29) is 77.3 Å². The molecule has 0 saturated heterocycles. The van der Waals surface area contributed by atoms with Gasteiger partial charge in [0.1, 0.15) is 19.4 Å². The van der Waals surface area contributed by atoms with Crippen LogP contribution in [0.25, 0.3) is 0 Å². The van der Waals surface area contributed by atoms with E-state index in [0.29, 0.717) is 42.3 Å². The van der Waals surface area contributed by atoms with Gasteiger partial charge in [0.2, 0.25) is 0 Å². The van der Waals surface area contributed by atoms with Gasteiger partial charge in [0.15, 0.2) is 5.78 Å². The first-order valence-electron chi connectivity index (χ1n) is 21.8. The highest BCUT2D eigenvalue weighted by atomic mass is 16.7. The Morgan fingerprint density at radius 1 is 0.661 bits per heavy atom. The molecule has 0 heterocycles. The van der Waals surface area contributed by atoms with Gasteiger partial charge in [-0.2, -0.15) is 0 Å². The van der Waals surface area contributed by atoms with Crippen LogP contribution in [0.4, 0.5) is 0 Å². The van der Waals surface area contributed by atoms with E-state index in [1.54, 1.807) is 14.2 Å². The van der Waals surface area contributed by atoms with Crippen molar-refractivity contribution in [1.29, 1.82) is 0 Å². The van der Waals surface area contributed by atoms with Crippen molar-refractivity contribution in [1.82, 2.24) is 0 Å². The quantitative estimate of drug-likeness (QED) is 0.130. The maximum absolute atomic E-state index is 13.9. The van der Waals surface area contributed by atoms with Crippen molar-refractivity contribution in [3.8, 4) is 11.8 Å². The third-order valence-corrected chi connectivity index (χ3v) is 17.8. The van der Waals surface area contributed by atoms with Gasteiger partial charge >= 0.3 is 0 Å². The summed E-state index contributed by atoms with van der Waals surface area (Å²) in [6.45, 7) is 22.4. The smallest absolute Gasteiger partial charge is 0.154 e. The van der Waals surface area contributed by atoms with Crippen molar-refractivity contribution < 1.29 is 38.0 Å². The molecule has 8 nitrogen and oxygen atoms in total. The van der Waals surface area contributed by atoms with Crippen molar-refractivity contribution >= 4 is 11.6 Å². The molecule has 0 aromatic rings. The number of hydrogen-bond acceptors (Lipinski definition) is 8. The molecule has 4 bridgehead atoms. The Labute approximate surface area is 340 Å². The van der Waals surface area contributed by atoms with Gasteiger partial charge < -0.3 is 28.4 Å². The molecule has 6 aliphatic rings. The number of methoxy groups -OCH3 is 4. The topological polar surface area (TPSA) is 89.5 Å². The zero-order valence-electron chi connectivity index (χ0n) is 37.7. The summed E-state index contributed by atoms with van der Waals surface area (Å²) in [6.07, 6.45) is 14.4. The normalized spacial score (nSPS) is 48.7. The number of hydrogen-bond donors (Lipinski definition) is 0. The molecular formula is C48H78O8.